The molecule has 10 atom stereocenters. The first-order chi connectivity index (χ1) is 24.0. The summed E-state index contributed by atoms with van der Waals surface area (Å²) in [6.07, 6.45) is 0.834. The Morgan fingerprint density at radius 2 is 1.53 bits per heavy atom. The van der Waals surface area contributed by atoms with E-state index in [0.717, 1.165) is 18.4 Å². The molecule has 290 valence electrons. The Bertz CT molecular complexity index is 1240. The van der Waals surface area contributed by atoms with E-state index in [1.54, 1.807) is 33.2 Å². The van der Waals surface area contributed by atoms with Crippen molar-refractivity contribution in [1.29, 1.82) is 0 Å². The Kier molecular flexibility index (Phi) is 18.4. The quantitative estimate of drug-likeness (QED) is 0.157. The van der Waals surface area contributed by atoms with E-state index in [4.69, 9.17) is 9.47 Å². The van der Waals surface area contributed by atoms with E-state index in [1.165, 1.54) is 0 Å². The molecule has 0 aliphatic carbocycles. The minimum atomic E-state index is -0.760. The molecule has 1 aliphatic heterocycles. The van der Waals surface area contributed by atoms with Gasteiger partial charge in [-0.05, 0) is 49.1 Å². The lowest BCUT2D eigenvalue weighted by atomic mass is 9.84. The smallest absolute Gasteiger partial charge is 0.226 e. The predicted octanol–water partition coefficient (Wildman–Crippen LogP) is 5.71. The lowest BCUT2D eigenvalue weighted by Gasteiger charge is -2.41. The lowest BCUT2D eigenvalue weighted by Crippen LogP contribution is -2.54. The molecule has 1 fully saturated rings. The van der Waals surface area contributed by atoms with Gasteiger partial charge in [-0.15, -0.1) is 0 Å². The average Bonchev–Trinajstić information content (AvgIpc) is 3.59. The normalized spacial score (nSPS) is 20.3. The van der Waals surface area contributed by atoms with E-state index < -0.39 is 36.2 Å². The number of nitrogens with zero attached hydrogens (tertiary/aromatic N) is 2. The monoisotopic (exact) mass is 716 g/mol. The molecule has 1 aromatic carbocycles. The number of amides is 2. The van der Waals surface area contributed by atoms with Crippen molar-refractivity contribution in [2.45, 2.75) is 130 Å². The van der Waals surface area contributed by atoms with E-state index in [-0.39, 0.29) is 78.4 Å². The van der Waals surface area contributed by atoms with Gasteiger partial charge in [0.25, 0.3) is 0 Å². The molecular formula is C41H69N3O7. The van der Waals surface area contributed by atoms with Crippen molar-refractivity contribution in [2.24, 2.45) is 35.5 Å². The number of methoxy groups -OCH3 is 2. The van der Waals surface area contributed by atoms with E-state index in [9.17, 15) is 24.3 Å². The van der Waals surface area contributed by atoms with Crippen LogP contribution in [0.5, 0.6) is 0 Å². The molecule has 1 aliphatic rings. The number of likely N-dealkylation sites (tertiary alicyclic amines) is 1. The van der Waals surface area contributed by atoms with E-state index in [0.29, 0.717) is 13.0 Å². The van der Waals surface area contributed by atoms with Gasteiger partial charge in [0, 0.05) is 52.5 Å². The van der Waals surface area contributed by atoms with Crippen LogP contribution < -0.4 is 5.32 Å². The van der Waals surface area contributed by atoms with Gasteiger partial charge >= 0.3 is 0 Å². The van der Waals surface area contributed by atoms with Gasteiger partial charge in [0.1, 0.15) is 5.78 Å². The highest BCUT2D eigenvalue weighted by Gasteiger charge is 2.43. The third-order valence-corrected chi connectivity index (χ3v) is 11.4. The molecule has 1 saturated heterocycles. The number of aliphatic hydroxyl groups excluding tert-OH is 1. The van der Waals surface area contributed by atoms with Crippen LogP contribution in [0.1, 0.15) is 106 Å². The zero-order chi connectivity index (χ0) is 38.6. The molecule has 2 N–H and O–H groups in total. The number of hydrogen-bond acceptors (Lipinski definition) is 8. The number of rotatable bonds is 22. The molecule has 0 saturated carbocycles. The molecule has 51 heavy (non-hydrogen) atoms. The number of ketones is 2. The van der Waals surface area contributed by atoms with Gasteiger partial charge < -0.3 is 29.7 Å². The number of likely N-dealkylation sites (N-methyl/N-ethyl adjacent to an activating group) is 2. The van der Waals surface area contributed by atoms with Crippen molar-refractivity contribution < 1.29 is 33.8 Å². The molecular weight excluding hydrogens is 646 g/mol. The molecule has 10 heteroatoms. The molecule has 1 heterocycles. The van der Waals surface area contributed by atoms with Crippen molar-refractivity contribution >= 4 is 23.4 Å². The maximum Gasteiger partial charge on any atom is 0.226 e. The van der Waals surface area contributed by atoms with Crippen LogP contribution >= 0.6 is 0 Å². The second-order valence-corrected chi connectivity index (χ2v) is 15.6. The molecule has 2 amide bonds. The SMILES string of the molecule is CC[C@H](C)[C@@H]([C@@H](CC(=O)N1CCC[C@@H]1[C@H](OC)[C@@H](C)C(=O)C[C@H](C)[C@@H](O)c1ccccc1)OC)N(C)C(=O)[C@@H](CC(=O)[C@@H](NC)C(C)C)C(C)C. The first-order valence-electron chi connectivity index (χ1n) is 19.1. The van der Waals surface area contributed by atoms with E-state index in [2.05, 4.69) is 19.2 Å². The minimum Gasteiger partial charge on any atom is -0.388 e. The average molecular weight is 716 g/mol. The van der Waals surface area contributed by atoms with Gasteiger partial charge in [-0.1, -0.05) is 92.1 Å². The highest BCUT2D eigenvalue weighted by atomic mass is 16.5. The summed E-state index contributed by atoms with van der Waals surface area (Å²) in [4.78, 5) is 58.7. The molecule has 2 rings (SSSR count). The van der Waals surface area contributed by atoms with Crippen LogP contribution in [-0.2, 0) is 28.7 Å². The van der Waals surface area contributed by atoms with E-state index in [1.807, 2.05) is 76.8 Å². The summed E-state index contributed by atoms with van der Waals surface area (Å²) in [5, 5.41) is 14.0. The number of benzene rings is 1. The number of hydrogen-bond donors (Lipinski definition) is 2. The summed E-state index contributed by atoms with van der Waals surface area (Å²) < 4.78 is 12.0. The molecule has 0 bridgehead atoms. The minimum absolute atomic E-state index is 0.0111. The largest absolute Gasteiger partial charge is 0.388 e. The van der Waals surface area contributed by atoms with Crippen LogP contribution in [0.2, 0.25) is 0 Å². The molecule has 0 aromatic heterocycles. The fraction of sp³-hybridized carbons (Fsp3) is 0.756. The van der Waals surface area contributed by atoms with Crippen LogP contribution in [-0.4, -0.2) is 103 Å². The fourth-order valence-electron chi connectivity index (χ4n) is 8.01. The van der Waals surface area contributed by atoms with Gasteiger partial charge in [-0.2, -0.15) is 0 Å². The highest BCUT2D eigenvalue weighted by molar-refractivity contribution is 5.90. The Labute approximate surface area is 308 Å². The number of carbonyl (C=O) groups is 4. The van der Waals surface area contributed by atoms with Crippen molar-refractivity contribution in [3.63, 3.8) is 0 Å². The lowest BCUT2D eigenvalue weighted by molar-refractivity contribution is -0.149. The topological polar surface area (TPSA) is 125 Å². The summed E-state index contributed by atoms with van der Waals surface area (Å²) in [5.41, 5.74) is 0.777. The number of aliphatic hydroxyl groups is 1. The number of ether oxygens (including phenoxy) is 2. The Morgan fingerprint density at radius 3 is 2.04 bits per heavy atom. The maximum atomic E-state index is 14.2. The summed E-state index contributed by atoms with van der Waals surface area (Å²) in [6.45, 7) is 16.3. The van der Waals surface area contributed by atoms with Crippen LogP contribution in [0.4, 0.5) is 0 Å². The third-order valence-electron chi connectivity index (χ3n) is 11.4. The maximum absolute atomic E-state index is 14.2. The van der Waals surface area contributed by atoms with Crippen molar-refractivity contribution in [2.75, 3.05) is 34.9 Å². The zero-order valence-corrected chi connectivity index (χ0v) is 33.6. The van der Waals surface area contributed by atoms with Gasteiger partial charge in [-0.3, -0.25) is 19.2 Å². The van der Waals surface area contributed by atoms with Crippen molar-refractivity contribution in [1.82, 2.24) is 15.1 Å². The number of Topliss-reactive ketones (excluding diaryl/α,β-unsaturated/α-hetero) is 2. The van der Waals surface area contributed by atoms with Gasteiger partial charge in [0.05, 0.1) is 42.9 Å². The summed E-state index contributed by atoms with van der Waals surface area (Å²) >= 11 is 0. The second kappa shape index (κ2) is 21.1. The van der Waals surface area contributed by atoms with Crippen LogP contribution in [0.15, 0.2) is 30.3 Å². The number of nitrogens with one attached hydrogen (secondary N) is 1. The van der Waals surface area contributed by atoms with Crippen molar-refractivity contribution in [3.05, 3.63) is 35.9 Å². The van der Waals surface area contributed by atoms with Crippen molar-refractivity contribution in [3.8, 4) is 0 Å². The summed E-state index contributed by atoms with van der Waals surface area (Å²) in [6, 6.07) is 8.35. The van der Waals surface area contributed by atoms with Crippen LogP contribution in [0.25, 0.3) is 0 Å². The van der Waals surface area contributed by atoms with Gasteiger partial charge in [-0.25, -0.2) is 0 Å². The molecule has 10 nitrogen and oxygen atoms in total. The Balaban J connectivity index is 2.24. The molecule has 0 spiro atoms. The zero-order valence-electron chi connectivity index (χ0n) is 33.6. The Morgan fingerprint density at radius 1 is 0.902 bits per heavy atom. The summed E-state index contributed by atoms with van der Waals surface area (Å²) in [7, 11) is 6.72. The van der Waals surface area contributed by atoms with Gasteiger partial charge in [0.15, 0.2) is 5.78 Å². The number of carbonyl (C=O) groups excluding carboxylic acids is 4. The molecule has 0 unspecified atom stereocenters. The standard InChI is InChI=1S/C41H69N3O7/c1-13-27(6)38(43(10)41(49)31(25(2)3)23-34(46)37(42-9)26(4)5)35(50-11)24-36(47)44-21-17-20-32(44)40(51-12)29(8)33(45)22-28(7)39(48)30-18-15-14-16-19-30/h14-16,18-19,25-29,31-32,35,37-40,42,48H,13,17,20-24H2,1-12H3/t27-,28-,29-,31-,32+,35+,37-,38-,39+,40+/m0/s1. The predicted molar refractivity (Wildman–Crippen MR) is 202 cm³/mol. The van der Waals surface area contributed by atoms with Crippen LogP contribution in [0.3, 0.4) is 0 Å². The molecule has 0 radical (unpaired) electrons. The van der Waals surface area contributed by atoms with Gasteiger partial charge in [0.2, 0.25) is 11.8 Å². The molecule has 1 aromatic rings. The fourth-order valence-corrected chi connectivity index (χ4v) is 8.01. The highest BCUT2D eigenvalue weighted by Crippen LogP contribution is 2.32. The second-order valence-electron chi connectivity index (χ2n) is 15.6. The Hall–Kier alpha value is -2.66. The van der Waals surface area contributed by atoms with Crippen LogP contribution in [0, 0.1) is 35.5 Å². The summed E-state index contributed by atoms with van der Waals surface area (Å²) in [5.74, 6) is -1.41. The van der Waals surface area contributed by atoms with E-state index >= 15 is 0 Å². The first kappa shape index (κ1) is 44.5. The third kappa shape index (κ3) is 11.7. The first-order valence-corrected chi connectivity index (χ1v) is 19.1.